The second-order valence-corrected chi connectivity index (χ2v) is 5.44. The summed E-state index contributed by atoms with van der Waals surface area (Å²) in [5.74, 6) is -0.505. The Balaban J connectivity index is 1.99. The molecule has 7 nitrogen and oxygen atoms in total. The van der Waals surface area contributed by atoms with Gasteiger partial charge in [-0.3, -0.25) is 4.79 Å². The zero-order valence-corrected chi connectivity index (χ0v) is 13.8. The number of carbonyl (C=O) groups is 2. The van der Waals surface area contributed by atoms with Crippen LogP contribution < -0.4 is 5.32 Å². The molecule has 0 bridgehead atoms. The van der Waals surface area contributed by atoms with Gasteiger partial charge in [0.25, 0.3) is 0 Å². The summed E-state index contributed by atoms with van der Waals surface area (Å²) in [4.78, 5) is 24.0. The molecule has 0 radical (unpaired) electrons. The fraction of sp³-hybridized carbons (Fsp3) is 0.333. The van der Waals surface area contributed by atoms with Crippen LogP contribution in [-0.4, -0.2) is 39.0 Å². The van der Waals surface area contributed by atoms with E-state index >= 15 is 0 Å². The number of nitrogens with one attached hydrogen (secondary N) is 1. The van der Waals surface area contributed by atoms with E-state index < -0.39 is 5.97 Å². The maximum atomic E-state index is 12.1. The van der Waals surface area contributed by atoms with Gasteiger partial charge in [-0.05, 0) is 26.0 Å². The van der Waals surface area contributed by atoms with E-state index in [-0.39, 0.29) is 18.3 Å². The van der Waals surface area contributed by atoms with Gasteiger partial charge in [0.2, 0.25) is 5.91 Å². The lowest BCUT2D eigenvalue weighted by molar-refractivity contribution is -0.113. The van der Waals surface area contributed by atoms with Gasteiger partial charge in [-0.1, -0.05) is 23.9 Å². The highest BCUT2D eigenvalue weighted by molar-refractivity contribution is 7.99. The third-order valence-corrected chi connectivity index (χ3v) is 3.93. The van der Waals surface area contributed by atoms with Gasteiger partial charge in [0.1, 0.15) is 6.33 Å². The molecule has 122 valence electrons. The molecule has 2 aromatic rings. The molecule has 1 aromatic heterocycles. The molecule has 2 rings (SSSR count). The van der Waals surface area contributed by atoms with Gasteiger partial charge < -0.3 is 14.6 Å². The summed E-state index contributed by atoms with van der Waals surface area (Å²) in [7, 11) is 0. The molecule has 23 heavy (non-hydrogen) atoms. The van der Waals surface area contributed by atoms with Crippen molar-refractivity contribution in [1.82, 2.24) is 14.8 Å². The maximum absolute atomic E-state index is 12.1. The number of hydrogen-bond donors (Lipinski definition) is 1. The van der Waals surface area contributed by atoms with Gasteiger partial charge in [0, 0.05) is 6.54 Å². The van der Waals surface area contributed by atoms with Gasteiger partial charge in [-0.25, -0.2) is 4.79 Å². The molecule has 1 amide bonds. The zero-order chi connectivity index (χ0) is 16.7. The van der Waals surface area contributed by atoms with Crippen molar-refractivity contribution >= 4 is 29.3 Å². The average molecular weight is 334 g/mol. The predicted molar refractivity (Wildman–Crippen MR) is 87.4 cm³/mol. The monoisotopic (exact) mass is 334 g/mol. The second-order valence-electron chi connectivity index (χ2n) is 4.50. The van der Waals surface area contributed by atoms with Crippen LogP contribution in [0.25, 0.3) is 0 Å². The number of benzene rings is 1. The van der Waals surface area contributed by atoms with Crippen LogP contribution in [-0.2, 0) is 16.1 Å². The van der Waals surface area contributed by atoms with Gasteiger partial charge in [-0.15, -0.1) is 10.2 Å². The fourth-order valence-electron chi connectivity index (χ4n) is 1.87. The number of rotatable bonds is 7. The molecular formula is C15H18N4O3S. The number of ether oxygens (including phenoxy) is 1. The number of nitrogens with zero attached hydrogens (tertiary/aromatic N) is 3. The highest BCUT2D eigenvalue weighted by Crippen LogP contribution is 2.18. The SMILES string of the molecule is CCOC(=O)c1ccccc1NC(=O)CSc1nncn1CC. The van der Waals surface area contributed by atoms with E-state index in [2.05, 4.69) is 15.5 Å². The molecule has 0 saturated carbocycles. The van der Waals surface area contributed by atoms with Crippen molar-refractivity contribution < 1.29 is 14.3 Å². The van der Waals surface area contributed by atoms with Crippen LogP contribution in [0.4, 0.5) is 5.69 Å². The van der Waals surface area contributed by atoms with Crippen LogP contribution >= 0.6 is 11.8 Å². The van der Waals surface area contributed by atoms with Gasteiger partial charge in [0.15, 0.2) is 5.16 Å². The number of esters is 1. The van der Waals surface area contributed by atoms with Gasteiger partial charge >= 0.3 is 5.97 Å². The molecule has 1 heterocycles. The standard InChI is InChI=1S/C15H18N4O3S/c1-3-19-10-16-18-15(19)23-9-13(20)17-12-8-6-5-7-11(12)14(21)22-4-2/h5-8,10H,3-4,9H2,1-2H3,(H,17,20). The molecule has 0 atom stereocenters. The second kappa shape index (κ2) is 8.33. The third kappa shape index (κ3) is 4.56. The molecule has 0 aliphatic rings. The van der Waals surface area contributed by atoms with E-state index in [1.807, 2.05) is 11.5 Å². The average Bonchev–Trinajstić information content (AvgIpc) is 3.01. The Hall–Kier alpha value is -2.35. The lowest BCUT2D eigenvalue weighted by Crippen LogP contribution is -2.17. The van der Waals surface area contributed by atoms with Gasteiger partial charge in [-0.2, -0.15) is 0 Å². The van der Waals surface area contributed by atoms with Crippen LogP contribution in [0.1, 0.15) is 24.2 Å². The predicted octanol–water partition coefficient (Wildman–Crippen LogP) is 2.21. The van der Waals surface area contributed by atoms with Crippen molar-refractivity contribution in [2.45, 2.75) is 25.5 Å². The van der Waals surface area contributed by atoms with E-state index in [1.165, 1.54) is 11.8 Å². The number of thioether (sulfide) groups is 1. The number of amides is 1. The highest BCUT2D eigenvalue weighted by Gasteiger charge is 2.14. The van der Waals surface area contributed by atoms with Crippen molar-refractivity contribution in [1.29, 1.82) is 0 Å². The quantitative estimate of drug-likeness (QED) is 0.617. The van der Waals surface area contributed by atoms with Crippen LogP contribution in [0, 0.1) is 0 Å². The van der Waals surface area contributed by atoms with Crippen LogP contribution in [0.15, 0.2) is 35.7 Å². The van der Waals surface area contributed by atoms with Crippen LogP contribution in [0.3, 0.4) is 0 Å². The molecule has 0 saturated heterocycles. The van der Waals surface area contributed by atoms with E-state index in [0.29, 0.717) is 16.4 Å². The summed E-state index contributed by atoms with van der Waals surface area (Å²) in [5, 5.41) is 11.2. The Labute approximate surface area is 138 Å². The van der Waals surface area contributed by atoms with Crippen LogP contribution in [0.5, 0.6) is 0 Å². The maximum Gasteiger partial charge on any atom is 0.340 e. The first-order chi connectivity index (χ1) is 11.2. The van der Waals surface area contributed by atoms with Gasteiger partial charge in [0.05, 0.1) is 23.6 Å². The Kier molecular flexibility index (Phi) is 6.16. The molecule has 8 heteroatoms. The van der Waals surface area contributed by atoms with E-state index in [9.17, 15) is 9.59 Å². The lowest BCUT2D eigenvalue weighted by Gasteiger charge is -2.10. The minimum Gasteiger partial charge on any atom is -0.462 e. The largest absolute Gasteiger partial charge is 0.462 e. The molecule has 1 N–H and O–H groups in total. The summed E-state index contributed by atoms with van der Waals surface area (Å²) < 4.78 is 6.83. The number of aromatic nitrogens is 3. The number of para-hydroxylation sites is 1. The zero-order valence-electron chi connectivity index (χ0n) is 13.0. The van der Waals surface area contributed by atoms with Crippen LogP contribution in [0.2, 0.25) is 0 Å². The van der Waals surface area contributed by atoms with E-state index in [1.54, 1.807) is 37.5 Å². The number of aryl methyl sites for hydroxylation is 1. The summed E-state index contributed by atoms with van der Waals surface area (Å²) in [6.07, 6.45) is 1.62. The minimum atomic E-state index is -0.457. The molecule has 0 spiro atoms. The first kappa shape index (κ1) is 17.0. The number of hydrogen-bond acceptors (Lipinski definition) is 6. The molecule has 0 aliphatic heterocycles. The van der Waals surface area contributed by atoms with Crippen molar-refractivity contribution in [3.05, 3.63) is 36.2 Å². The Bertz CT molecular complexity index is 687. The van der Waals surface area contributed by atoms with Crippen molar-refractivity contribution in [3.63, 3.8) is 0 Å². The molecule has 0 unspecified atom stereocenters. The fourth-order valence-corrected chi connectivity index (χ4v) is 2.65. The topological polar surface area (TPSA) is 86.1 Å². The summed E-state index contributed by atoms with van der Waals surface area (Å²) in [6, 6.07) is 6.76. The Morgan fingerprint density at radius 3 is 2.83 bits per heavy atom. The Morgan fingerprint density at radius 2 is 2.09 bits per heavy atom. The number of anilines is 1. The van der Waals surface area contributed by atoms with Crippen molar-refractivity contribution in [3.8, 4) is 0 Å². The normalized spacial score (nSPS) is 10.3. The first-order valence-corrected chi connectivity index (χ1v) is 8.20. The summed E-state index contributed by atoms with van der Waals surface area (Å²) in [6.45, 7) is 4.73. The summed E-state index contributed by atoms with van der Waals surface area (Å²) >= 11 is 1.29. The lowest BCUT2D eigenvalue weighted by atomic mass is 10.2. The van der Waals surface area contributed by atoms with Crippen molar-refractivity contribution in [2.75, 3.05) is 17.7 Å². The van der Waals surface area contributed by atoms with E-state index in [0.717, 1.165) is 6.54 Å². The van der Waals surface area contributed by atoms with E-state index in [4.69, 9.17) is 4.74 Å². The summed E-state index contributed by atoms with van der Waals surface area (Å²) in [5.41, 5.74) is 0.776. The molecule has 1 aromatic carbocycles. The smallest absolute Gasteiger partial charge is 0.340 e. The third-order valence-electron chi connectivity index (χ3n) is 2.95. The molecule has 0 aliphatic carbocycles. The first-order valence-electron chi connectivity index (χ1n) is 7.22. The molecular weight excluding hydrogens is 316 g/mol. The molecule has 0 fully saturated rings. The highest BCUT2D eigenvalue weighted by atomic mass is 32.2. The minimum absolute atomic E-state index is 0.176. The van der Waals surface area contributed by atoms with Crippen molar-refractivity contribution in [2.24, 2.45) is 0 Å². The number of carbonyl (C=O) groups excluding carboxylic acids is 2. The Morgan fingerprint density at radius 1 is 1.30 bits per heavy atom.